The van der Waals surface area contributed by atoms with Crippen LogP contribution in [0.15, 0.2) is 42.5 Å². The first kappa shape index (κ1) is 19.0. The van der Waals surface area contributed by atoms with E-state index < -0.39 is 0 Å². The molecule has 1 heterocycles. The average molecular weight is 378 g/mol. The maximum absolute atomic E-state index is 14.0. The standard InChI is InChI=1S/C21H24FNO2.ClH/c22-19-4-2-1-3-18(19)21-11-5-14-13-17(10-12-20(14)25-21)24-16-8-6-15(23)7-9-16;/h1-4,10,12-13,15-16,21H,5-9,11,23H2;1H. The molecule has 0 spiro atoms. The van der Waals surface area contributed by atoms with Crippen molar-refractivity contribution in [3.8, 4) is 11.5 Å². The van der Waals surface area contributed by atoms with E-state index in [-0.39, 0.29) is 30.4 Å². The zero-order valence-corrected chi connectivity index (χ0v) is 15.5. The van der Waals surface area contributed by atoms with Crippen LogP contribution in [0.25, 0.3) is 0 Å². The third-order valence-electron chi connectivity index (χ3n) is 5.25. The Labute approximate surface area is 160 Å². The quantitative estimate of drug-likeness (QED) is 0.821. The Balaban J connectivity index is 0.00000196. The van der Waals surface area contributed by atoms with Gasteiger partial charge in [0.05, 0.1) is 6.10 Å². The maximum atomic E-state index is 14.0. The summed E-state index contributed by atoms with van der Waals surface area (Å²) in [5.41, 5.74) is 7.72. The minimum atomic E-state index is -0.222. The van der Waals surface area contributed by atoms with Crippen molar-refractivity contribution in [1.29, 1.82) is 0 Å². The van der Waals surface area contributed by atoms with E-state index in [1.165, 1.54) is 6.07 Å². The van der Waals surface area contributed by atoms with E-state index in [4.69, 9.17) is 15.2 Å². The minimum absolute atomic E-state index is 0. The van der Waals surface area contributed by atoms with Gasteiger partial charge in [0.25, 0.3) is 0 Å². The van der Waals surface area contributed by atoms with Crippen molar-refractivity contribution in [3.63, 3.8) is 0 Å². The molecule has 1 aliphatic carbocycles. The summed E-state index contributed by atoms with van der Waals surface area (Å²) >= 11 is 0. The molecule has 4 rings (SSSR count). The molecule has 2 aliphatic rings. The third kappa shape index (κ3) is 4.13. The van der Waals surface area contributed by atoms with Gasteiger partial charge in [0.2, 0.25) is 0 Å². The van der Waals surface area contributed by atoms with Gasteiger partial charge in [0, 0.05) is 11.6 Å². The van der Waals surface area contributed by atoms with Gasteiger partial charge in [-0.1, -0.05) is 18.2 Å². The molecule has 1 atom stereocenters. The molecule has 1 aliphatic heterocycles. The van der Waals surface area contributed by atoms with E-state index >= 15 is 0 Å². The fraction of sp³-hybridized carbons (Fsp3) is 0.429. The summed E-state index contributed by atoms with van der Waals surface area (Å²) in [6.45, 7) is 0. The van der Waals surface area contributed by atoms with Crippen LogP contribution >= 0.6 is 12.4 Å². The van der Waals surface area contributed by atoms with E-state index in [2.05, 4.69) is 6.07 Å². The Bertz CT molecular complexity index is 747. The second-order valence-corrected chi connectivity index (χ2v) is 7.09. The number of aryl methyl sites for hydroxylation is 1. The van der Waals surface area contributed by atoms with Gasteiger partial charge in [0.15, 0.2) is 0 Å². The van der Waals surface area contributed by atoms with E-state index in [0.717, 1.165) is 55.6 Å². The molecule has 1 unspecified atom stereocenters. The highest BCUT2D eigenvalue weighted by Crippen LogP contribution is 2.38. The Hall–Kier alpha value is -1.78. The fourth-order valence-corrected chi connectivity index (χ4v) is 3.79. The first-order valence-electron chi connectivity index (χ1n) is 9.15. The highest BCUT2D eigenvalue weighted by molar-refractivity contribution is 5.85. The number of rotatable bonds is 3. The van der Waals surface area contributed by atoms with E-state index in [1.54, 1.807) is 12.1 Å². The zero-order valence-electron chi connectivity index (χ0n) is 14.7. The van der Waals surface area contributed by atoms with E-state index in [1.807, 2.05) is 18.2 Å². The summed E-state index contributed by atoms with van der Waals surface area (Å²) in [6.07, 6.45) is 5.77. The van der Waals surface area contributed by atoms with Crippen LogP contribution in [0.2, 0.25) is 0 Å². The van der Waals surface area contributed by atoms with Gasteiger partial charge in [-0.05, 0) is 68.4 Å². The monoisotopic (exact) mass is 377 g/mol. The lowest BCUT2D eigenvalue weighted by Crippen LogP contribution is -2.31. The highest BCUT2D eigenvalue weighted by Gasteiger charge is 2.25. The topological polar surface area (TPSA) is 44.5 Å². The minimum Gasteiger partial charge on any atom is -0.490 e. The Kier molecular flexibility index (Phi) is 6.05. The van der Waals surface area contributed by atoms with E-state index in [0.29, 0.717) is 11.6 Å². The third-order valence-corrected chi connectivity index (χ3v) is 5.25. The van der Waals surface area contributed by atoms with Gasteiger partial charge in [-0.25, -0.2) is 4.39 Å². The summed E-state index contributed by atoms with van der Waals surface area (Å²) in [7, 11) is 0. The van der Waals surface area contributed by atoms with Gasteiger partial charge in [-0.2, -0.15) is 0 Å². The number of halogens is 2. The zero-order chi connectivity index (χ0) is 17.2. The molecule has 0 saturated heterocycles. The normalized spacial score (nSPS) is 24.8. The lowest BCUT2D eigenvalue weighted by atomic mass is 9.93. The predicted molar refractivity (Wildman–Crippen MR) is 103 cm³/mol. The van der Waals surface area contributed by atoms with Gasteiger partial charge in [-0.15, -0.1) is 12.4 Å². The average Bonchev–Trinajstić information content (AvgIpc) is 2.64. The number of fused-ring (bicyclic) bond motifs is 1. The first-order valence-corrected chi connectivity index (χ1v) is 9.15. The molecule has 0 aromatic heterocycles. The molecule has 0 amide bonds. The van der Waals surface area contributed by atoms with E-state index in [9.17, 15) is 4.39 Å². The fourth-order valence-electron chi connectivity index (χ4n) is 3.79. The molecule has 2 N–H and O–H groups in total. The smallest absolute Gasteiger partial charge is 0.130 e. The Morgan fingerprint density at radius 1 is 1.00 bits per heavy atom. The van der Waals surface area contributed by atoms with Crippen molar-refractivity contribution in [2.75, 3.05) is 0 Å². The molecule has 0 radical (unpaired) electrons. The Morgan fingerprint density at radius 3 is 2.54 bits per heavy atom. The number of benzene rings is 2. The predicted octanol–water partition coefficient (Wildman–Crippen LogP) is 4.96. The van der Waals surface area contributed by atoms with Gasteiger partial charge < -0.3 is 15.2 Å². The summed E-state index contributed by atoms with van der Waals surface area (Å²) in [5.74, 6) is 1.52. The van der Waals surface area contributed by atoms with Crippen molar-refractivity contribution in [3.05, 3.63) is 59.4 Å². The molecular formula is C21H25ClFNO2. The maximum Gasteiger partial charge on any atom is 0.130 e. The summed E-state index contributed by atoms with van der Waals surface area (Å²) in [4.78, 5) is 0. The molecule has 3 nitrogen and oxygen atoms in total. The summed E-state index contributed by atoms with van der Waals surface area (Å²) in [6, 6.07) is 13.1. The van der Waals surface area contributed by atoms with Gasteiger partial charge in [-0.3, -0.25) is 0 Å². The largest absolute Gasteiger partial charge is 0.490 e. The van der Waals surface area contributed by atoms with Crippen LogP contribution in [0, 0.1) is 5.82 Å². The van der Waals surface area contributed by atoms with Crippen molar-refractivity contribution in [1.82, 2.24) is 0 Å². The number of ether oxygens (including phenoxy) is 2. The number of hydrogen-bond donors (Lipinski definition) is 1. The second-order valence-electron chi connectivity index (χ2n) is 7.09. The lowest BCUT2D eigenvalue weighted by molar-refractivity contribution is 0.145. The van der Waals surface area contributed by atoms with Crippen LogP contribution in [0.1, 0.15) is 49.3 Å². The highest BCUT2D eigenvalue weighted by atomic mass is 35.5. The van der Waals surface area contributed by atoms with Crippen LogP contribution in [-0.2, 0) is 6.42 Å². The van der Waals surface area contributed by atoms with Crippen LogP contribution in [0.5, 0.6) is 11.5 Å². The van der Waals surface area contributed by atoms with Crippen LogP contribution in [-0.4, -0.2) is 12.1 Å². The first-order chi connectivity index (χ1) is 12.2. The molecule has 1 saturated carbocycles. The van der Waals surface area contributed by atoms with Crippen LogP contribution < -0.4 is 15.2 Å². The molecule has 5 heteroatoms. The molecule has 2 aromatic carbocycles. The molecule has 140 valence electrons. The summed E-state index contributed by atoms with van der Waals surface area (Å²) < 4.78 is 26.2. The molecular weight excluding hydrogens is 353 g/mol. The van der Waals surface area contributed by atoms with Crippen molar-refractivity contribution >= 4 is 12.4 Å². The second kappa shape index (κ2) is 8.28. The van der Waals surface area contributed by atoms with Crippen LogP contribution in [0.4, 0.5) is 4.39 Å². The van der Waals surface area contributed by atoms with Crippen LogP contribution in [0.3, 0.4) is 0 Å². The summed E-state index contributed by atoms with van der Waals surface area (Å²) in [5, 5.41) is 0. The van der Waals surface area contributed by atoms with Gasteiger partial charge in [0.1, 0.15) is 23.4 Å². The lowest BCUT2D eigenvalue weighted by Gasteiger charge is -2.29. The SMILES string of the molecule is Cl.NC1CCC(Oc2ccc3c(c2)CCC(c2ccccc2F)O3)CC1. The molecule has 0 bridgehead atoms. The number of nitrogens with two attached hydrogens (primary N) is 1. The molecule has 2 aromatic rings. The Morgan fingerprint density at radius 2 is 1.77 bits per heavy atom. The van der Waals surface area contributed by atoms with Gasteiger partial charge >= 0.3 is 0 Å². The molecule has 26 heavy (non-hydrogen) atoms. The van der Waals surface area contributed by atoms with Crippen molar-refractivity contribution < 1.29 is 13.9 Å². The molecule has 1 fully saturated rings. The van der Waals surface area contributed by atoms with Crippen molar-refractivity contribution in [2.45, 2.75) is 56.8 Å². The number of hydrogen-bond acceptors (Lipinski definition) is 3. The van der Waals surface area contributed by atoms with Crippen molar-refractivity contribution in [2.24, 2.45) is 5.73 Å².